The van der Waals surface area contributed by atoms with Gasteiger partial charge in [-0.15, -0.1) is 0 Å². The molecule has 56 valence electrons. The summed E-state index contributed by atoms with van der Waals surface area (Å²) >= 11 is 3.29. The zero-order chi connectivity index (χ0) is 7.84. The van der Waals surface area contributed by atoms with Gasteiger partial charge in [-0.3, -0.25) is 10.3 Å². The van der Waals surface area contributed by atoms with Crippen LogP contribution in [0.4, 0.5) is 0 Å². The van der Waals surface area contributed by atoms with Crippen LogP contribution >= 0.6 is 15.9 Å². The Morgan fingerprint density at radius 3 is 3.18 bits per heavy atom. The molecule has 0 aliphatic heterocycles. The van der Waals surface area contributed by atoms with Gasteiger partial charge in [-0.1, -0.05) is 0 Å². The molecule has 0 unspecified atom stereocenters. The molecule has 5 heteroatoms. The van der Waals surface area contributed by atoms with Gasteiger partial charge in [0, 0.05) is 10.1 Å². The normalized spacial score (nSPS) is 10.6. The van der Waals surface area contributed by atoms with Crippen molar-refractivity contribution in [3.05, 3.63) is 23.1 Å². The lowest BCUT2D eigenvalue weighted by Crippen LogP contribution is -2.28. The van der Waals surface area contributed by atoms with Crippen molar-refractivity contribution in [1.29, 1.82) is 0 Å². The maximum Gasteiger partial charge on any atom is 0.247 e. The highest BCUT2D eigenvalue weighted by Crippen LogP contribution is 2.18. The molecule has 0 atom stereocenters. The minimum atomic E-state index is 0.793. The van der Waals surface area contributed by atoms with Gasteiger partial charge in [-0.25, -0.2) is 0 Å². The van der Waals surface area contributed by atoms with Gasteiger partial charge >= 0.3 is 0 Å². The third-order valence-electron chi connectivity index (χ3n) is 1.43. The molecule has 2 heterocycles. The fraction of sp³-hybridized carbons (Fsp3) is 0. The van der Waals surface area contributed by atoms with E-state index in [1.807, 2.05) is 0 Å². The topological polar surface area (TPSA) is 52.8 Å². The van der Waals surface area contributed by atoms with E-state index in [0.717, 1.165) is 20.1 Å². The molecule has 0 aliphatic carbocycles. The molecule has 0 amide bonds. The Kier molecular flexibility index (Phi) is 1.32. The van der Waals surface area contributed by atoms with E-state index in [4.69, 9.17) is 5.21 Å². The quantitative estimate of drug-likeness (QED) is 0.505. The second kappa shape index (κ2) is 2.20. The number of nitrogens with one attached hydrogen (secondary N) is 1. The van der Waals surface area contributed by atoms with Gasteiger partial charge in [0.25, 0.3) is 0 Å². The third kappa shape index (κ3) is 0.970. The second-order valence-electron chi connectivity index (χ2n) is 2.18. The molecule has 0 aliphatic rings. The summed E-state index contributed by atoms with van der Waals surface area (Å²) in [6, 6.07) is 0. The van der Waals surface area contributed by atoms with E-state index in [0.29, 0.717) is 0 Å². The van der Waals surface area contributed by atoms with E-state index >= 15 is 0 Å². The Morgan fingerprint density at radius 1 is 1.55 bits per heavy atom. The highest BCUT2D eigenvalue weighted by Gasteiger charge is 2.07. The van der Waals surface area contributed by atoms with Crippen LogP contribution in [0.5, 0.6) is 0 Å². The maximum absolute atomic E-state index is 9.07. The van der Waals surface area contributed by atoms with Crippen molar-refractivity contribution in [2.24, 2.45) is 0 Å². The Labute approximate surface area is 70.6 Å². The summed E-state index contributed by atoms with van der Waals surface area (Å²) in [5.74, 6) is 0. The number of halogens is 1. The molecule has 4 nitrogen and oxygen atoms in total. The van der Waals surface area contributed by atoms with Crippen LogP contribution in [0.15, 0.2) is 23.1 Å². The van der Waals surface area contributed by atoms with E-state index in [9.17, 15) is 0 Å². The number of aromatic amines is 1. The van der Waals surface area contributed by atoms with Crippen molar-refractivity contribution in [2.45, 2.75) is 0 Å². The molecule has 0 radical (unpaired) electrons. The van der Waals surface area contributed by atoms with Gasteiger partial charge in [-0.05, 0) is 15.9 Å². The van der Waals surface area contributed by atoms with E-state index < -0.39 is 0 Å². The molecule has 0 fully saturated rings. The molecule has 0 saturated heterocycles. The smallest absolute Gasteiger partial charge is 0.247 e. The fourth-order valence-electron chi connectivity index (χ4n) is 0.940. The minimum absolute atomic E-state index is 0.793. The summed E-state index contributed by atoms with van der Waals surface area (Å²) < 4.78 is 1.79. The first-order valence-electron chi connectivity index (χ1n) is 3.00. The van der Waals surface area contributed by atoms with Gasteiger partial charge < -0.3 is 0 Å². The number of rotatable bonds is 0. The molecule has 0 aromatic carbocycles. The Balaban J connectivity index is 2.91. The molecule has 2 rings (SSSR count). The zero-order valence-electron chi connectivity index (χ0n) is 5.45. The van der Waals surface area contributed by atoms with Gasteiger partial charge in [-0.2, -0.15) is 5.10 Å². The average molecular weight is 215 g/mol. The second-order valence-corrected chi connectivity index (χ2v) is 3.04. The summed E-state index contributed by atoms with van der Waals surface area (Å²) in [5.41, 5.74) is 0.793. The number of aromatic nitrogens is 3. The largest absolute Gasteiger partial charge is 0.285 e. The van der Waals surface area contributed by atoms with Crippen molar-refractivity contribution >= 4 is 26.8 Å². The number of hydrogen-bond donors (Lipinski definition) is 2. The minimum Gasteiger partial charge on any atom is -0.285 e. The monoisotopic (exact) mass is 214 g/mol. The number of hydrogen-bond acceptors (Lipinski definition) is 2. The summed E-state index contributed by atoms with van der Waals surface area (Å²) in [7, 11) is 0. The highest BCUT2D eigenvalue weighted by atomic mass is 79.9. The number of nitrogens with zero attached hydrogens (tertiary/aromatic N) is 2. The van der Waals surface area contributed by atoms with E-state index in [1.54, 1.807) is 18.6 Å². The lowest BCUT2D eigenvalue weighted by Gasteiger charge is -1.87. The molecule has 0 bridgehead atoms. The van der Waals surface area contributed by atoms with E-state index in [2.05, 4.69) is 26.1 Å². The van der Waals surface area contributed by atoms with Crippen LogP contribution < -0.4 is 4.73 Å². The lowest BCUT2D eigenvalue weighted by molar-refractivity contribution is -0.904. The van der Waals surface area contributed by atoms with E-state index in [-0.39, 0.29) is 0 Å². The van der Waals surface area contributed by atoms with Crippen LogP contribution in [0.25, 0.3) is 10.9 Å². The van der Waals surface area contributed by atoms with Gasteiger partial charge in [0.1, 0.15) is 5.52 Å². The van der Waals surface area contributed by atoms with Gasteiger partial charge in [0.05, 0.1) is 10.7 Å². The predicted octanol–water partition coefficient (Wildman–Crippen LogP) is 0.850. The number of H-pyrrole nitrogens is 1. The average Bonchev–Trinajstić information content (AvgIpc) is 2.34. The van der Waals surface area contributed by atoms with Crippen molar-refractivity contribution in [2.75, 3.05) is 0 Å². The first-order chi connectivity index (χ1) is 5.27. The Bertz CT molecular complexity index is 398. The Morgan fingerprint density at radius 2 is 2.36 bits per heavy atom. The van der Waals surface area contributed by atoms with Crippen molar-refractivity contribution < 1.29 is 9.94 Å². The molecule has 2 aromatic rings. The van der Waals surface area contributed by atoms with Crippen molar-refractivity contribution in [3.63, 3.8) is 0 Å². The van der Waals surface area contributed by atoms with Crippen LogP contribution in [0.3, 0.4) is 0 Å². The number of pyridine rings is 1. The first-order valence-corrected chi connectivity index (χ1v) is 3.80. The van der Waals surface area contributed by atoms with Gasteiger partial charge in [0.2, 0.25) is 12.4 Å². The van der Waals surface area contributed by atoms with Crippen molar-refractivity contribution in [1.82, 2.24) is 10.2 Å². The standard InChI is InChI=1S/C6H4BrN3O/c7-5-2-10(11)3-6-4(5)1-8-9-6/h1-3,11H/p+1. The van der Waals surface area contributed by atoms with Crippen LogP contribution in [-0.2, 0) is 0 Å². The summed E-state index contributed by atoms with van der Waals surface area (Å²) in [6.45, 7) is 0. The SMILES string of the molecule is O[n+]1cc(Br)c2cn[nH]c2c1. The summed E-state index contributed by atoms with van der Waals surface area (Å²) in [5, 5.41) is 16.6. The number of fused-ring (bicyclic) bond motifs is 1. The molecule has 0 saturated carbocycles. The van der Waals surface area contributed by atoms with Crippen molar-refractivity contribution in [3.8, 4) is 0 Å². The van der Waals surface area contributed by atoms with Gasteiger partial charge in [0.15, 0.2) is 0 Å². The third-order valence-corrected chi connectivity index (χ3v) is 2.07. The molecule has 11 heavy (non-hydrogen) atoms. The lowest BCUT2D eigenvalue weighted by atomic mass is 10.3. The zero-order valence-corrected chi connectivity index (χ0v) is 7.04. The first kappa shape index (κ1) is 6.60. The molecule has 2 aromatic heterocycles. The maximum atomic E-state index is 9.07. The van der Waals surface area contributed by atoms with Crippen LogP contribution in [0, 0.1) is 0 Å². The molecule has 2 N–H and O–H groups in total. The van der Waals surface area contributed by atoms with Crippen LogP contribution in [0.1, 0.15) is 0 Å². The van der Waals surface area contributed by atoms with Crippen LogP contribution in [0.2, 0.25) is 0 Å². The molecular formula is C6H5BrN3O+. The predicted molar refractivity (Wildman–Crippen MR) is 41.2 cm³/mol. The van der Waals surface area contributed by atoms with Crippen LogP contribution in [-0.4, -0.2) is 15.4 Å². The highest BCUT2D eigenvalue weighted by molar-refractivity contribution is 9.10. The fourth-order valence-corrected chi connectivity index (χ4v) is 1.47. The molecule has 0 spiro atoms. The Hall–Kier alpha value is -1.10. The summed E-state index contributed by atoms with van der Waals surface area (Å²) in [6.07, 6.45) is 4.80. The molecular weight excluding hydrogens is 210 g/mol. The van der Waals surface area contributed by atoms with E-state index in [1.165, 1.54) is 0 Å². The summed E-state index contributed by atoms with van der Waals surface area (Å²) in [4.78, 5) is 0.